The number of aromatic carboxylic acids is 1. The van der Waals surface area contributed by atoms with E-state index in [0.717, 1.165) is 29.7 Å². The quantitative estimate of drug-likeness (QED) is 0.649. The number of ether oxygens (including phenoxy) is 1. The van der Waals surface area contributed by atoms with Crippen LogP contribution in [0, 0.1) is 0 Å². The number of carboxylic acid groups (broad SMARTS) is 1. The predicted octanol–water partition coefficient (Wildman–Crippen LogP) is 3.13. The summed E-state index contributed by atoms with van der Waals surface area (Å²) in [6.45, 7) is 2.61. The van der Waals surface area contributed by atoms with Gasteiger partial charge in [-0.05, 0) is 42.8 Å². The molecule has 0 amide bonds. The lowest BCUT2D eigenvalue weighted by Gasteiger charge is -2.15. The number of aliphatic hydroxyl groups is 1. The Morgan fingerprint density at radius 1 is 1.19 bits per heavy atom. The van der Waals surface area contributed by atoms with Crippen molar-refractivity contribution in [2.24, 2.45) is 0 Å². The average molecular weight is 354 g/mol. The number of nitrogens with zero attached hydrogens (tertiary/aromatic N) is 2. The van der Waals surface area contributed by atoms with Gasteiger partial charge in [0.05, 0.1) is 23.1 Å². The van der Waals surface area contributed by atoms with Gasteiger partial charge in [-0.3, -0.25) is 0 Å². The van der Waals surface area contributed by atoms with E-state index in [1.165, 1.54) is 12.1 Å². The number of fused-ring (bicyclic) bond motifs is 1. The monoisotopic (exact) mass is 354 g/mol. The molecule has 0 aliphatic rings. The molecular weight excluding hydrogens is 332 g/mol. The Kier molecular flexibility index (Phi) is 5.53. The molecule has 0 saturated heterocycles. The fourth-order valence-electron chi connectivity index (χ4n) is 2.89. The summed E-state index contributed by atoms with van der Waals surface area (Å²) in [4.78, 5) is 15.5. The molecule has 1 heterocycles. The first-order valence-electron chi connectivity index (χ1n) is 8.67. The normalized spacial score (nSPS) is 12.2. The third-order valence-corrected chi connectivity index (χ3v) is 4.14. The molecule has 26 heavy (non-hydrogen) atoms. The zero-order valence-electron chi connectivity index (χ0n) is 14.6. The molecule has 0 radical (unpaired) electrons. The molecule has 3 aromatic rings. The first-order chi connectivity index (χ1) is 12.6. The van der Waals surface area contributed by atoms with Crippen molar-refractivity contribution in [3.63, 3.8) is 0 Å². The summed E-state index contributed by atoms with van der Waals surface area (Å²) >= 11 is 0. The van der Waals surface area contributed by atoms with Gasteiger partial charge in [0, 0.05) is 6.42 Å². The lowest BCUT2D eigenvalue weighted by Crippen LogP contribution is -2.24. The molecule has 0 fully saturated rings. The van der Waals surface area contributed by atoms with Gasteiger partial charge in [0.25, 0.3) is 0 Å². The third kappa shape index (κ3) is 4.03. The van der Waals surface area contributed by atoms with Crippen LogP contribution in [-0.4, -0.2) is 38.4 Å². The van der Waals surface area contributed by atoms with Crippen molar-refractivity contribution < 1.29 is 19.7 Å². The maximum absolute atomic E-state index is 10.9. The SMILES string of the molecule is CCCc1nc2ccccc2n1C[C@@H](O)COc1ccc(C(=O)O)cc1. The maximum Gasteiger partial charge on any atom is 0.335 e. The molecule has 2 aromatic carbocycles. The summed E-state index contributed by atoms with van der Waals surface area (Å²) in [5.74, 6) is 0.504. The molecule has 0 unspecified atom stereocenters. The second kappa shape index (κ2) is 8.01. The van der Waals surface area contributed by atoms with Crippen LogP contribution in [0.5, 0.6) is 5.75 Å². The molecule has 0 bridgehead atoms. The number of rotatable bonds is 8. The summed E-state index contributed by atoms with van der Waals surface area (Å²) in [7, 11) is 0. The molecule has 3 rings (SSSR count). The van der Waals surface area contributed by atoms with Crippen molar-refractivity contribution in [3.8, 4) is 5.75 Å². The number of hydrogen-bond acceptors (Lipinski definition) is 4. The van der Waals surface area contributed by atoms with Crippen molar-refractivity contribution in [1.29, 1.82) is 0 Å². The summed E-state index contributed by atoms with van der Waals surface area (Å²) in [5, 5.41) is 19.3. The van der Waals surface area contributed by atoms with E-state index in [1.807, 2.05) is 28.8 Å². The lowest BCUT2D eigenvalue weighted by atomic mass is 10.2. The van der Waals surface area contributed by atoms with E-state index in [0.29, 0.717) is 12.3 Å². The zero-order valence-corrected chi connectivity index (χ0v) is 14.6. The van der Waals surface area contributed by atoms with Gasteiger partial charge in [0.15, 0.2) is 0 Å². The van der Waals surface area contributed by atoms with Gasteiger partial charge in [0.1, 0.15) is 24.3 Å². The summed E-state index contributed by atoms with van der Waals surface area (Å²) < 4.78 is 7.63. The number of carbonyl (C=O) groups is 1. The lowest BCUT2D eigenvalue weighted by molar-refractivity contribution is 0.0696. The fraction of sp³-hybridized carbons (Fsp3) is 0.300. The van der Waals surface area contributed by atoms with Gasteiger partial charge < -0.3 is 19.5 Å². The molecule has 6 heteroatoms. The van der Waals surface area contributed by atoms with Crippen LogP contribution < -0.4 is 4.74 Å². The fourth-order valence-corrected chi connectivity index (χ4v) is 2.89. The molecule has 0 saturated carbocycles. The van der Waals surface area contributed by atoms with Gasteiger partial charge in [-0.15, -0.1) is 0 Å². The van der Waals surface area contributed by atoms with Gasteiger partial charge in [-0.2, -0.15) is 0 Å². The summed E-state index contributed by atoms with van der Waals surface area (Å²) in [5.41, 5.74) is 2.13. The number of imidazole rings is 1. The van der Waals surface area contributed by atoms with Gasteiger partial charge in [0.2, 0.25) is 0 Å². The molecule has 136 valence electrons. The highest BCUT2D eigenvalue weighted by Gasteiger charge is 2.14. The Hall–Kier alpha value is -2.86. The zero-order chi connectivity index (χ0) is 18.5. The summed E-state index contributed by atoms with van der Waals surface area (Å²) in [6.07, 6.45) is 1.12. The van der Waals surface area contributed by atoms with Crippen LogP contribution in [0.2, 0.25) is 0 Å². The average Bonchev–Trinajstić information content (AvgIpc) is 2.98. The molecule has 0 aliphatic heterocycles. The highest BCUT2D eigenvalue weighted by Crippen LogP contribution is 2.18. The van der Waals surface area contributed by atoms with E-state index in [1.54, 1.807) is 12.1 Å². The minimum absolute atomic E-state index is 0.116. The topological polar surface area (TPSA) is 84.6 Å². The van der Waals surface area contributed by atoms with Crippen LogP contribution in [0.1, 0.15) is 29.5 Å². The smallest absolute Gasteiger partial charge is 0.335 e. The Bertz CT molecular complexity index is 886. The second-order valence-electron chi connectivity index (χ2n) is 6.17. The summed E-state index contributed by atoms with van der Waals surface area (Å²) in [6, 6.07) is 14.0. The number of para-hydroxylation sites is 2. The maximum atomic E-state index is 10.9. The van der Waals surface area contributed by atoms with Crippen LogP contribution >= 0.6 is 0 Å². The molecular formula is C20H22N2O4. The Labute approximate surface area is 151 Å². The molecule has 0 spiro atoms. The largest absolute Gasteiger partial charge is 0.491 e. The van der Waals surface area contributed by atoms with Crippen LogP contribution in [0.15, 0.2) is 48.5 Å². The number of aromatic nitrogens is 2. The molecule has 1 atom stereocenters. The Morgan fingerprint density at radius 3 is 2.62 bits per heavy atom. The van der Waals surface area contributed by atoms with Crippen molar-refractivity contribution in [3.05, 3.63) is 59.9 Å². The van der Waals surface area contributed by atoms with Gasteiger partial charge in [-0.25, -0.2) is 9.78 Å². The molecule has 6 nitrogen and oxygen atoms in total. The van der Waals surface area contributed by atoms with Crippen LogP contribution in [-0.2, 0) is 13.0 Å². The third-order valence-electron chi connectivity index (χ3n) is 4.14. The Balaban J connectivity index is 1.68. The van der Waals surface area contributed by atoms with Crippen molar-refractivity contribution in [1.82, 2.24) is 9.55 Å². The van der Waals surface area contributed by atoms with E-state index in [-0.39, 0.29) is 12.2 Å². The molecule has 0 aliphatic carbocycles. The van der Waals surface area contributed by atoms with E-state index < -0.39 is 12.1 Å². The van der Waals surface area contributed by atoms with Gasteiger partial charge >= 0.3 is 5.97 Å². The van der Waals surface area contributed by atoms with Crippen molar-refractivity contribution in [2.45, 2.75) is 32.4 Å². The number of aryl methyl sites for hydroxylation is 1. The first kappa shape index (κ1) is 17.9. The van der Waals surface area contributed by atoms with Crippen LogP contribution in [0.3, 0.4) is 0 Å². The molecule has 1 aromatic heterocycles. The number of hydrogen-bond donors (Lipinski definition) is 2. The predicted molar refractivity (Wildman–Crippen MR) is 98.6 cm³/mol. The van der Waals surface area contributed by atoms with Crippen molar-refractivity contribution >= 4 is 17.0 Å². The number of aliphatic hydroxyl groups excluding tert-OH is 1. The van der Waals surface area contributed by atoms with Crippen LogP contribution in [0.25, 0.3) is 11.0 Å². The number of carboxylic acids is 1. The van der Waals surface area contributed by atoms with E-state index >= 15 is 0 Å². The minimum atomic E-state index is -0.980. The molecule has 2 N–H and O–H groups in total. The first-order valence-corrected chi connectivity index (χ1v) is 8.67. The number of benzene rings is 2. The Morgan fingerprint density at radius 2 is 1.92 bits per heavy atom. The standard InChI is InChI=1S/C20H22N2O4/c1-2-5-19-21-17-6-3-4-7-18(17)22(19)12-15(23)13-26-16-10-8-14(9-11-16)20(24)25/h3-4,6-11,15,23H,2,5,12-13H2,1H3,(H,24,25)/t15-/m1/s1. The van der Waals surface area contributed by atoms with E-state index in [4.69, 9.17) is 9.84 Å². The van der Waals surface area contributed by atoms with Crippen LogP contribution in [0.4, 0.5) is 0 Å². The highest BCUT2D eigenvalue weighted by molar-refractivity contribution is 5.87. The van der Waals surface area contributed by atoms with Gasteiger partial charge in [-0.1, -0.05) is 19.1 Å². The second-order valence-corrected chi connectivity index (χ2v) is 6.17. The van der Waals surface area contributed by atoms with E-state index in [2.05, 4.69) is 11.9 Å². The van der Waals surface area contributed by atoms with E-state index in [9.17, 15) is 9.90 Å². The highest BCUT2D eigenvalue weighted by atomic mass is 16.5. The van der Waals surface area contributed by atoms with Crippen molar-refractivity contribution in [2.75, 3.05) is 6.61 Å². The minimum Gasteiger partial charge on any atom is -0.491 e.